The van der Waals surface area contributed by atoms with E-state index in [0.29, 0.717) is 5.76 Å². The van der Waals surface area contributed by atoms with Crippen molar-refractivity contribution in [2.75, 3.05) is 19.6 Å². The fourth-order valence-electron chi connectivity index (χ4n) is 4.50. The zero-order chi connectivity index (χ0) is 18.3. The fourth-order valence-corrected chi connectivity index (χ4v) is 4.50. The molecule has 1 saturated carbocycles. The van der Waals surface area contributed by atoms with Gasteiger partial charge in [-0.25, -0.2) is 0 Å². The number of amides is 1. The predicted octanol–water partition coefficient (Wildman–Crippen LogP) is 3.78. The van der Waals surface area contributed by atoms with E-state index < -0.39 is 0 Å². The standard InChI is InChI=1S/C22H26N2O3/c25-21(20-6-3-13-26-20)23-18-14-22(27-19-5-2-1-4-17(18)19)9-11-24(12-10-22)15-16-7-8-16/h1-6,13,16,18H,7-12,14-15H2,(H,23,25). The molecule has 0 radical (unpaired) electrons. The molecule has 1 spiro atoms. The van der Waals surface area contributed by atoms with E-state index in [4.69, 9.17) is 9.15 Å². The van der Waals surface area contributed by atoms with Gasteiger partial charge in [0.2, 0.25) is 0 Å². The summed E-state index contributed by atoms with van der Waals surface area (Å²) in [5.41, 5.74) is 0.874. The van der Waals surface area contributed by atoms with Gasteiger partial charge in [0.25, 0.3) is 5.91 Å². The Bertz CT molecular complexity index is 805. The minimum absolute atomic E-state index is 0.0532. The molecule has 3 aliphatic rings. The average molecular weight is 366 g/mol. The van der Waals surface area contributed by atoms with Crippen LogP contribution >= 0.6 is 0 Å². The van der Waals surface area contributed by atoms with Gasteiger partial charge in [0.15, 0.2) is 5.76 Å². The molecule has 1 unspecified atom stereocenters. The number of hydrogen-bond donors (Lipinski definition) is 1. The summed E-state index contributed by atoms with van der Waals surface area (Å²) in [6.07, 6.45) is 7.17. The van der Waals surface area contributed by atoms with E-state index in [0.717, 1.165) is 49.6 Å². The van der Waals surface area contributed by atoms with Crippen LogP contribution in [-0.2, 0) is 0 Å². The molecule has 2 aliphatic heterocycles. The van der Waals surface area contributed by atoms with Gasteiger partial charge >= 0.3 is 0 Å². The number of furan rings is 1. The van der Waals surface area contributed by atoms with Gasteiger partial charge in [-0.05, 0) is 49.8 Å². The minimum Gasteiger partial charge on any atom is -0.487 e. The van der Waals surface area contributed by atoms with Crippen molar-refractivity contribution < 1.29 is 13.9 Å². The lowest BCUT2D eigenvalue weighted by Crippen LogP contribution is -2.52. The smallest absolute Gasteiger partial charge is 0.287 e. The molecule has 0 bridgehead atoms. The van der Waals surface area contributed by atoms with E-state index >= 15 is 0 Å². The molecule has 1 amide bonds. The van der Waals surface area contributed by atoms with E-state index in [1.165, 1.54) is 25.6 Å². The van der Waals surface area contributed by atoms with Gasteiger partial charge in [0.1, 0.15) is 11.4 Å². The second-order valence-corrected chi connectivity index (χ2v) is 8.27. The second-order valence-electron chi connectivity index (χ2n) is 8.27. The number of fused-ring (bicyclic) bond motifs is 1. The maximum atomic E-state index is 12.6. The number of rotatable bonds is 4. The number of ether oxygens (including phenoxy) is 1. The summed E-state index contributed by atoms with van der Waals surface area (Å²) in [6, 6.07) is 11.5. The van der Waals surface area contributed by atoms with Crippen molar-refractivity contribution >= 4 is 5.91 Å². The van der Waals surface area contributed by atoms with Crippen LogP contribution in [0.5, 0.6) is 5.75 Å². The molecule has 1 N–H and O–H groups in total. The van der Waals surface area contributed by atoms with Crippen LogP contribution in [0.3, 0.4) is 0 Å². The summed E-state index contributed by atoms with van der Waals surface area (Å²) in [6.45, 7) is 3.40. The van der Waals surface area contributed by atoms with Crippen LogP contribution in [0, 0.1) is 5.92 Å². The Morgan fingerprint density at radius 1 is 1.15 bits per heavy atom. The molecule has 1 aromatic heterocycles. The van der Waals surface area contributed by atoms with Gasteiger partial charge in [0.05, 0.1) is 12.3 Å². The number of para-hydroxylation sites is 1. The van der Waals surface area contributed by atoms with Gasteiger partial charge in [-0.3, -0.25) is 4.79 Å². The normalized spacial score (nSPS) is 24.2. The zero-order valence-electron chi connectivity index (χ0n) is 15.5. The number of carbonyl (C=O) groups excluding carboxylic acids is 1. The van der Waals surface area contributed by atoms with Gasteiger partial charge < -0.3 is 19.4 Å². The minimum atomic E-state index is -0.185. The highest BCUT2D eigenvalue weighted by molar-refractivity contribution is 5.91. The molecule has 142 valence electrons. The number of hydrogen-bond acceptors (Lipinski definition) is 4. The monoisotopic (exact) mass is 366 g/mol. The van der Waals surface area contributed by atoms with Gasteiger partial charge in [-0.1, -0.05) is 18.2 Å². The quantitative estimate of drug-likeness (QED) is 0.895. The highest BCUT2D eigenvalue weighted by atomic mass is 16.5. The lowest BCUT2D eigenvalue weighted by Gasteiger charge is -2.47. The van der Waals surface area contributed by atoms with Gasteiger partial charge in [0, 0.05) is 31.6 Å². The number of nitrogens with one attached hydrogen (secondary N) is 1. The lowest BCUT2D eigenvalue weighted by atomic mass is 9.80. The van der Waals surface area contributed by atoms with E-state index in [-0.39, 0.29) is 17.6 Å². The summed E-state index contributed by atoms with van der Waals surface area (Å²) >= 11 is 0. The fraction of sp³-hybridized carbons (Fsp3) is 0.500. The molecule has 1 atom stereocenters. The molecule has 1 aliphatic carbocycles. The largest absolute Gasteiger partial charge is 0.487 e. The molecule has 1 saturated heterocycles. The van der Waals surface area contributed by atoms with Crippen LogP contribution in [0.2, 0.25) is 0 Å². The maximum Gasteiger partial charge on any atom is 0.287 e. The Kier molecular flexibility index (Phi) is 4.20. The van der Waals surface area contributed by atoms with E-state index in [1.54, 1.807) is 12.1 Å². The van der Waals surface area contributed by atoms with Gasteiger partial charge in [-0.15, -0.1) is 0 Å². The van der Waals surface area contributed by atoms with Crippen LogP contribution in [0.1, 0.15) is 54.3 Å². The maximum absolute atomic E-state index is 12.6. The zero-order valence-corrected chi connectivity index (χ0v) is 15.5. The highest BCUT2D eigenvalue weighted by Gasteiger charge is 2.44. The predicted molar refractivity (Wildman–Crippen MR) is 102 cm³/mol. The van der Waals surface area contributed by atoms with Crippen molar-refractivity contribution in [3.63, 3.8) is 0 Å². The molecule has 3 heterocycles. The number of benzene rings is 1. The summed E-state index contributed by atoms with van der Waals surface area (Å²) in [4.78, 5) is 15.2. The summed E-state index contributed by atoms with van der Waals surface area (Å²) in [5, 5.41) is 3.18. The molecule has 27 heavy (non-hydrogen) atoms. The number of likely N-dealkylation sites (tertiary alicyclic amines) is 1. The molecular formula is C22H26N2O3. The van der Waals surface area contributed by atoms with E-state index in [9.17, 15) is 4.79 Å². The van der Waals surface area contributed by atoms with Crippen molar-refractivity contribution in [1.29, 1.82) is 0 Å². The first-order valence-corrected chi connectivity index (χ1v) is 10.1. The Morgan fingerprint density at radius 3 is 2.70 bits per heavy atom. The van der Waals surface area contributed by atoms with Crippen LogP contribution < -0.4 is 10.1 Å². The summed E-state index contributed by atoms with van der Waals surface area (Å²) in [7, 11) is 0. The van der Waals surface area contributed by atoms with E-state index in [1.807, 2.05) is 18.2 Å². The molecule has 1 aromatic carbocycles. The van der Waals surface area contributed by atoms with Crippen molar-refractivity contribution in [2.45, 2.75) is 43.7 Å². The van der Waals surface area contributed by atoms with Crippen LogP contribution in [0.4, 0.5) is 0 Å². The molecular weight excluding hydrogens is 340 g/mol. The number of carbonyl (C=O) groups is 1. The molecule has 2 fully saturated rings. The van der Waals surface area contributed by atoms with Crippen molar-refractivity contribution in [3.05, 3.63) is 54.0 Å². The summed E-state index contributed by atoms with van der Waals surface area (Å²) in [5.74, 6) is 2.02. The first kappa shape index (κ1) is 16.9. The number of nitrogens with zero attached hydrogens (tertiary/aromatic N) is 1. The van der Waals surface area contributed by atoms with Crippen LogP contribution in [-0.4, -0.2) is 36.0 Å². The third kappa shape index (κ3) is 3.48. The first-order chi connectivity index (χ1) is 13.2. The lowest BCUT2D eigenvalue weighted by molar-refractivity contribution is -0.0255. The van der Waals surface area contributed by atoms with Gasteiger partial charge in [-0.2, -0.15) is 0 Å². The van der Waals surface area contributed by atoms with Crippen molar-refractivity contribution in [1.82, 2.24) is 10.2 Å². The second kappa shape index (κ2) is 6.71. The average Bonchev–Trinajstić information content (AvgIpc) is 3.32. The highest BCUT2D eigenvalue weighted by Crippen LogP contribution is 2.44. The van der Waals surface area contributed by atoms with E-state index in [2.05, 4.69) is 16.3 Å². The van der Waals surface area contributed by atoms with Crippen molar-refractivity contribution in [2.24, 2.45) is 5.92 Å². The third-order valence-corrected chi connectivity index (χ3v) is 6.23. The molecule has 5 nitrogen and oxygen atoms in total. The number of piperidine rings is 1. The SMILES string of the molecule is O=C(NC1CC2(CCN(CC3CC3)CC2)Oc2ccccc21)c1ccco1. The molecule has 5 heteroatoms. The third-order valence-electron chi connectivity index (χ3n) is 6.23. The Hall–Kier alpha value is -2.27. The topological polar surface area (TPSA) is 54.7 Å². The summed E-state index contributed by atoms with van der Waals surface area (Å²) < 4.78 is 11.8. The first-order valence-electron chi connectivity index (χ1n) is 10.1. The molecule has 2 aromatic rings. The van der Waals surface area contributed by atoms with Crippen LogP contribution in [0.15, 0.2) is 47.1 Å². The Labute approximate surface area is 159 Å². The Morgan fingerprint density at radius 2 is 1.96 bits per heavy atom. The Balaban J connectivity index is 1.34. The van der Waals surface area contributed by atoms with Crippen molar-refractivity contribution in [3.8, 4) is 5.75 Å². The molecule has 5 rings (SSSR count). The van der Waals surface area contributed by atoms with Crippen LogP contribution in [0.25, 0.3) is 0 Å².